The fraction of sp³-hybridized carbons (Fsp3) is 0.357. The third kappa shape index (κ3) is 2.95. The lowest BCUT2D eigenvalue weighted by molar-refractivity contribution is 0.173. The number of aromatic nitrogens is 3. The molecule has 0 radical (unpaired) electrons. The number of nitrogens with two attached hydrogens (primary N) is 1. The van der Waals surface area contributed by atoms with Crippen LogP contribution in [0.1, 0.15) is 5.56 Å². The first-order valence-corrected chi connectivity index (χ1v) is 6.94. The highest BCUT2D eigenvalue weighted by Crippen LogP contribution is 2.35. The summed E-state index contributed by atoms with van der Waals surface area (Å²) in [5, 5.41) is 3.16. The molecule has 1 aromatic heterocycles. The van der Waals surface area contributed by atoms with Gasteiger partial charge in [0.15, 0.2) is 11.5 Å². The SMILES string of the molecule is CN(C)c1nc(N)nc(NCCc2cccc3c2OCO3)n1. The Hall–Kier alpha value is -2.77. The summed E-state index contributed by atoms with van der Waals surface area (Å²) in [6, 6.07) is 5.87. The second kappa shape index (κ2) is 5.92. The average molecular weight is 302 g/mol. The Bertz CT molecular complexity index is 676. The number of anilines is 3. The van der Waals surface area contributed by atoms with Crippen LogP contribution in [0, 0.1) is 0 Å². The van der Waals surface area contributed by atoms with Gasteiger partial charge in [-0.15, -0.1) is 0 Å². The van der Waals surface area contributed by atoms with Crippen molar-refractivity contribution in [2.45, 2.75) is 6.42 Å². The Morgan fingerprint density at radius 1 is 1.23 bits per heavy atom. The van der Waals surface area contributed by atoms with Crippen LogP contribution in [0.2, 0.25) is 0 Å². The molecule has 1 aliphatic heterocycles. The minimum Gasteiger partial charge on any atom is -0.454 e. The maximum atomic E-state index is 5.69. The highest BCUT2D eigenvalue weighted by Gasteiger charge is 2.16. The van der Waals surface area contributed by atoms with Crippen molar-refractivity contribution in [3.05, 3.63) is 23.8 Å². The molecule has 3 N–H and O–H groups in total. The Morgan fingerprint density at radius 2 is 2.09 bits per heavy atom. The van der Waals surface area contributed by atoms with Crippen molar-refractivity contribution in [3.63, 3.8) is 0 Å². The van der Waals surface area contributed by atoms with Gasteiger partial charge in [-0.1, -0.05) is 12.1 Å². The second-order valence-corrected chi connectivity index (χ2v) is 5.04. The number of nitrogen functional groups attached to an aromatic ring is 1. The van der Waals surface area contributed by atoms with E-state index in [0.29, 0.717) is 18.4 Å². The molecule has 1 aliphatic rings. The molecule has 0 saturated heterocycles. The number of rotatable bonds is 5. The highest BCUT2D eigenvalue weighted by molar-refractivity contribution is 5.48. The van der Waals surface area contributed by atoms with Gasteiger partial charge in [0.05, 0.1) is 0 Å². The lowest BCUT2D eigenvalue weighted by Gasteiger charge is -2.12. The molecule has 0 atom stereocenters. The maximum absolute atomic E-state index is 5.69. The molecule has 0 aliphatic carbocycles. The highest BCUT2D eigenvalue weighted by atomic mass is 16.7. The summed E-state index contributed by atoms with van der Waals surface area (Å²) in [6.07, 6.45) is 0.759. The molecular formula is C14H18N6O2. The van der Waals surface area contributed by atoms with E-state index in [1.165, 1.54) is 0 Å². The summed E-state index contributed by atoms with van der Waals surface area (Å²) in [4.78, 5) is 14.2. The minimum atomic E-state index is 0.193. The van der Waals surface area contributed by atoms with E-state index in [1.54, 1.807) is 4.90 Å². The molecule has 0 saturated carbocycles. The number of hydrogen-bond donors (Lipinski definition) is 2. The first-order chi connectivity index (χ1) is 10.6. The molecule has 0 unspecified atom stereocenters. The summed E-state index contributed by atoms with van der Waals surface area (Å²) in [5.41, 5.74) is 6.77. The van der Waals surface area contributed by atoms with E-state index >= 15 is 0 Å². The maximum Gasteiger partial charge on any atom is 0.231 e. The predicted molar refractivity (Wildman–Crippen MR) is 83.3 cm³/mol. The average Bonchev–Trinajstić information content (AvgIpc) is 2.96. The zero-order valence-corrected chi connectivity index (χ0v) is 12.5. The number of nitrogens with one attached hydrogen (secondary N) is 1. The topological polar surface area (TPSA) is 98.4 Å². The van der Waals surface area contributed by atoms with E-state index < -0.39 is 0 Å². The summed E-state index contributed by atoms with van der Waals surface area (Å²) in [5.74, 6) is 2.78. The Morgan fingerprint density at radius 3 is 2.91 bits per heavy atom. The summed E-state index contributed by atoms with van der Waals surface area (Å²) in [6.45, 7) is 0.923. The van der Waals surface area contributed by atoms with Crippen molar-refractivity contribution in [1.29, 1.82) is 0 Å². The standard InChI is InChI=1S/C14H18N6O2/c1-20(2)14-18-12(15)17-13(19-14)16-7-6-9-4-3-5-10-11(9)22-8-21-10/h3-5H,6-8H2,1-2H3,(H3,15,16,17,18,19). The van der Waals surface area contributed by atoms with Crippen molar-refractivity contribution in [2.75, 3.05) is 43.4 Å². The molecule has 22 heavy (non-hydrogen) atoms. The number of para-hydroxylation sites is 1. The first kappa shape index (κ1) is 14.2. The summed E-state index contributed by atoms with van der Waals surface area (Å²) >= 11 is 0. The summed E-state index contributed by atoms with van der Waals surface area (Å²) < 4.78 is 10.8. The van der Waals surface area contributed by atoms with Crippen molar-refractivity contribution in [2.24, 2.45) is 0 Å². The number of hydrogen-bond acceptors (Lipinski definition) is 8. The first-order valence-electron chi connectivity index (χ1n) is 6.94. The molecule has 0 bridgehead atoms. The third-order valence-corrected chi connectivity index (χ3v) is 3.20. The van der Waals surface area contributed by atoms with Crippen LogP contribution in [-0.4, -0.2) is 42.4 Å². The normalized spacial score (nSPS) is 12.3. The van der Waals surface area contributed by atoms with Crippen LogP contribution < -0.4 is 25.4 Å². The lowest BCUT2D eigenvalue weighted by atomic mass is 10.1. The van der Waals surface area contributed by atoms with E-state index in [-0.39, 0.29) is 12.7 Å². The fourth-order valence-electron chi connectivity index (χ4n) is 2.16. The van der Waals surface area contributed by atoms with E-state index in [1.807, 2.05) is 32.3 Å². The Labute approximate surface area is 128 Å². The van der Waals surface area contributed by atoms with Crippen molar-refractivity contribution in [3.8, 4) is 11.5 Å². The van der Waals surface area contributed by atoms with Crippen molar-refractivity contribution >= 4 is 17.8 Å². The van der Waals surface area contributed by atoms with Gasteiger partial charge in [0, 0.05) is 20.6 Å². The molecule has 0 fully saturated rings. The van der Waals surface area contributed by atoms with Gasteiger partial charge in [-0.05, 0) is 18.1 Å². The van der Waals surface area contributed by atoms with Crippen LogP contribution in [0.25, 0.3) is 0 Å². The van der Waals surface area contributed by atoms with Gasteiger partial charge < -0.3 is 25.4 Å². The molecule has 0 spiro atoms. The number of benzene rings is 1. The van der Waals surface area contributed by atoms with Crippen LogP contribution in [0.4, 0.5) is 17.8 Å². The third-order valence-electron chi connectivity index (χ3n) is 3.20. The van der Waals surface area contributed by atoms with Crippen LogP contribution in [-0.2, 0) is 6.42 Å². The van der Waals surface area contributed by atoms with Crippen LogP contribution in [0.15, 0.2) is 18.2 Å². The van der Waals surface area contributed by atoms with E-state index in [9.17, 15) is 0 Å². The minimum absolute atomic E-state index is 0.193. The molecule has 3 rings (SSSR count). The molecule has 2 heterocycles. The molecular weight excluding hydrogens is 284 g/mol. The largest absolute Gasteiger partial charge is 0.454 e. The van der Waals surface area contributed by atoms with E-state index in [0.717, 1.165) is 23.5 Å². The molecule has 116 valence electrons. The van der Waals surface area contributed by atoms with Gasteiger partial charge in [-0.2, -0.15) is 15.0 Å². The van der Waals surface area contributed by atoms with Gasteiger partial charge in [0.1, 0.15) is 0 Å². The van der Waals surface area contributed by atoms with Gasteiger partial charge >= 0.3 is 0 Å². The zero-order chi connectivity index (χ0) is 15.5. The molecule has 2 aromatic rings. The molecule has 8 heteroatoms. The van der Waals surface area contributed by atoms with E-state index in [4.69, 9.17) is 15.2 Å². The second-order valence-electron chi connectivity index (χ2n) is 5.04. The number of ether oxygens (including phenoxy) is 2. The van der Waals surface area contributed by atoms with Crippen molar-refractivity contribution in [1.82, 2.24) is 15.0 Å². The van der Waals surface area contributed by atoms with Gasteiger partial charge in [-0.3, -0.25) is 0 Å². The molecule has 0 amide bonds. The Balaban J connectivity index is 1.65. The lowest BCUT2D eigenvalue weighted by Crippen LogP contribution is -2.17. The smallest absolute Gasteiger partial charge is 0.231 e. The molecule has 1 aromatic carbocycles. The Kier molecular flexibility index (Phi) is 3.82. The number of nitrogens with zero attached hydrogens (tertiary/aromatic N) is 4. The van der Waals surface area contributed by atoms with Crippen LogP contribution >= 0.6 is 0 Å². The molecule has 8 nitrogen and oxygen atoms in total. The zero-order valence-electron chi connectivity index (χ0n) is 12.5. The van der Waals surface area contributed by atoms with Crippen LogP contribution in [0.5, 0.6) is 11.5 Å². The van der Waals surface area contributed by atoms with Crippen LogP contribution in [0.3, 0.4) is 0 Å². The summed E-state index contributed by atoms with van der Waals surface area (Å²) in [7, 11) is 3.70. The monoisotopic (exact) mass is 302 g/mol. The number of fused-ring (bicyclic) bond motifs is 1. The van der Waals surface area contributed by atoms with Gasteiger partial charge in [-0.25, -0.2) is 0 Å². The van der Waals surface area contributed by atoms with Gasteiger partial charge in [0.2, 0.25) is 24.6 Å². The quantitative estimate of drug-likeness (QED) is 0.840. The fourth-order valence-corrected chi connectivity index (χ4v) is 2.16. The predicted octanol–water partition coefficient (Wildman–Crippen LogP) is 0.903. The van der Waals surface area contributed by atoms with Gasteiger partial charge in [0.25, 0.3) is 0 Å². The van der Waals surface area contributed by atoms with E-state index in [2.05, 4.69) is 20.3 Å². The van der Waals surface area contributed by atoms with Crippen molar-refractivity contribution < 1.29 is 9.47 Å².